The first-order valence-corrected chi connectivity index (χ1v) is 7.80. The quantitative estimate of drug-likeness (QED) is 0.936. The Bertz CT molecular complexity index is 744. The number of carboxylic acids is 1. The van der Waals surface area contributed by atoms with E-state index < -0.39 is 12.0 Å². The Morgan fingerprint density at radius 1 is 1.22 bits per heavy atom. The molecule has 0 aliphatic carbocycles. The van der Waals surface area contributed by atoms with Crippen molar-refractivity contribution in [3.8, 4) is 5.69 Å². The lowest BCUT2D eigenvalue weighted by Crippen LogP contribution is -2.48. The molecule has 0 spiro atoms. The van der Waals surface area contributed by atoms with E-state index in [4.69, 9.17) is 11.6 Å². The molecule has 1 aromatic carbocycles. The van der Waals surface area contributed by atoms with Gasteiger partial charge in [0.2, 0.25) is 0 Å². The molecule has 6 nitrogen and oxygen atoms in total. The molecule has 23 heavy (non-hydrogen) atoms. The predicted molar refractivity (Wildman–Crippen MR) is 84.9 cm³/mol. The van der Waals surface area contributed by atoms with Crippen LogP contribution in [-0.4, -0.2) is 44.3 Å². The fourth-order valence-electron chi connectivity index (χ4n) is 2.79. The van der Waals surface area contributed by atoms with E-state index in [2.05, 4.69) is 5.10 Å². The number of halogens is 1. The number of hydrogen-bond donors (Lipinski definition) is 1. The van der Waals surface area contributed by atoms with Crippen LogP contribution in [0.2, 0.25) is 5.02 Å². The van der Waals surface area contributed by atoms with Gasteiger partial charge in [-0.3, -0.25) is 4.79 Å². The van der Waals surface area contributed by atoms with Crippen molar-refractivity contribution in [2.75, 3.05) is 6.54 Å². The number of aliphatic carboxylic acids is 1. The molecule has 2 heterocycles. The second-order valence-electron chi connectivity index (χ2n) is 5.45. The van der Waals surface area contributed by atoms with Crippen LogP contribution in [0.25, 0.3) is 5.69 Å². The predicted octanol–water partition coefficient (Wildman–Crippen LogP) is 2.61. The van der Waals surface area contributed by atoms with Crippen molar-refractivity contribution in [2.24, 2.45) is 0 Å². The fraction of sp³-hybridized carbons (Fsp3) is 0.312. The molecule has 1 amide bonds. The van der Waals surface area contributed by atoms with E-state index in [0.29, 0.717) is 23.7 Å². The SMILES string of the molecule is O=C(O)[C@H]1CCCCN1C(=O)c1ccn(-c2ccccc2Cl)n1. The van der Waals surface area contributed by atoms with E-state index in [-0.39, 0.29) is 11.6 Å². The van der Waals surface area contributed by atoms with Crippen molar-refractivity contribution in [2.45, 2.75) is 25.3 Å². The molecule has 0 unspecified atom stereocenters. The molecule has 2 aromatic rings. The lowest BCUT2D eigenvalue weighted by atomic mass is 10.0. The summed E-state index contributed by atoms with van der Waals surface area (Å²) >= 11 is 6.13. The molecule has 1 atom stereocenters. The van der Waals surface area contributed by atoms with Crippen LogP contribution in [0.15, 0.2) is 36.5 Å². The number of benzene rings is 1. The Hall–Kier alpha value is -2.34. The topological polar surface area (TPSA) is 75.4 Å². The van der Waals surface area contributed by atoms with Crippen molar-refractivity contribution in [3.63, 3.8) is 0 Å². The van der Waals surface area contributed by atoms with Gasteiger partial charge in [-0.25, -0.2) is 9.48 Å². The number of nitrogens with zero attached hydrogens (tertiary/aromatic N) is 3. The number of hydrogen-bond acceptors (Lipinski definition) is 3. The number of rotatable bonds is 3. The summed E-state index contributed by atoms with van der Waals surface area (Å²) in [6.45, 7) is 0.439. The van der Waals surface area contributed by atoms with Gasteiger partial charge in [-0.2, -0.15) is 5.10 Å². The summed E-state index contributed by atoms with van der Waals surface area (Å²) in [6, 6.07) is 7.98. The van der Waals surface area contributed by atoms with Gasteiger partial charge in [0.1, 0.15) is 6.04 Å². The van der Waals surface area contributed by atoms with Crippen LogP contribution in [0, 0.1) is 0 Å². The summed E-state index contributed by atoms with van der Waals surface area (Å²) in [4.78, 5) is 25.3. The van der Waals surface area contributed by atoms with Crippen LogP contribution in [0.4, 0.5) is 0 Å². The van der Waals surface area contributed by atoms with Crippen molar-refractivity contribution in [1.82, 2.24) is 14.7 Å². The van der Waals surface area contributed by atoms with E-state index in [0.717, 1.165) is 12.8 Å². The monoisotopic (exact) mass is 333 g/mol. The summed E-state index contributed by atoms with van der Waals surface area (Å²) in [6.07, 6.45) is 3.75. The molecule has 1 aliphatic heterocycles. The molecule has 7 heteroatoms. The summed E-state index contributed by atoms with van der Waals surface area (Å²) in [5, 5.41) is 14.1. The van der Waals surface area contributed by atoms with Gasteiger partial charge in [-0.1, -0.05) is 23.7 Å². The molecule has 1 aromatic heterocycles. The van der Waals surface area contributed by atoms with Crippen LogP contribution in [-0.2, 0) is 4.79 Å². The van der Waals surface area contributed by atoms with Crippen LogP contribution >= 0.6 is 11.6 Å². The number of carbonyl (C=O) groups excluding carboxylic acids is 1. The lowest BCUT2D eigenvalue weighted by molar-refractivity contribution is -0.143. The largest absolute Gasteiger partial charge is 0.480 e. The minimum absolute atomic E-state index is 0.220. The zero-order valence-electron chi connectivity index (χ0n) is 12.4. The number of carboxylic acid groups (broad SMARTS) is 1. The Morgan fingerprint density at radius 2 is 2.00 bits per heavy atom. The number of aromatic nitrogens is 2. The number of para-hydroxylation sites is 1. The highest BCUT2D eigenvalue weighted by molar-refractivity contribution is 6.32. The Morgan fingerprint density at radius 3 is 2.74 bits per heavy atom. The van der Waals surface area contributed by atoms with Gasteiger partial charge < -0.3 is 10.0 Å². The Labute approximate surface area is 138 Å². The third kappa shape index (κ3) is 3.07. The molecule has 1 fully saturated rings. The van der Waals surface area contributed by atoms with Crippen molar-refractivity contribution in [3.05, 3.63) is 47.2 Å². The average Bonchev–Trinajstić information content (AvgIpc) is 3.04. The standard InChI is InChI=1S/C16H16ClN3O3/c17-11-5-1-2-6-13(11)20-10-8-12(18-20)15(21)19-9-4-3-7-14(19)16(22)23/h1-2,5-6,8,10,14H,3-4,7,9H2,(H,22,23)/t14-/m1/s1. The minimum atomic E-state index is -0.969. The van der Waals surface area contributed by atoms with Gasteiger partial charge >= 0.3 is 5.97 Å². The molecule has 1 N–H and O–H groups in total. The van der Waals surface area contributed by atoms with E-state index in [9.17, 15) is 14.7 Å². The van der Waals surface area contributed by atoms with Gasteiger partial charge in [0, 0.05) is 12.7 Å². The van der Waals surface area contributed by atoms with E-state index in [1.54, 1.807) is 24.4 Å². The summed E-state index contributed by atoms with van der Waals surface area (Å²) < 4.78 is 1.52. The minimum Gasteiger partial charge on any atom is -0.480 e. The lowest BCUT2D eigenvalue weighted by Gasteiger charge is -2.32. The van der Waals surface area contributed by atoms with E-state index in [1.165, 1.54) is 9.58 Å². The second kappa shape index (κ2) is 6.42. The summed E-state index contributed by atoms with van der Waals surface area (Å²) in [5.41, 5.74) is 0.889. The van der Waals surface area contributed by atoms with Crippen LogP contribution in [0.1, 0.15) is 29.8 Å². The zero-order chi connectivity index (χ0) is 16.4. The smallest absolute Gasteiger partial charge is 0.326 e. The average molecular weight is 334 g/mol. The highest BCUT2D eigenvalue weighted by atomic mass is 35.5. The molecule has 0 bridgehead atoms. The van der Waals surface area contributed by atoms with Gasteiger partial charge in [-0.15, -0.1) is 0 Å². The Kier molecular flexibility index (Phi) is 4.34. The second-order valence-corrected chi connectivity index (χ2v) is 5.85. The number of piperidine rings is 1. The highest BCUT2D eigenvalue weighted by Gasteiger charge is 2.33. The van der Waals surface area contributed by atoms with Gasteiger partial charge in [-0.05, 0) is 37.5 Å². The van der Waals surface area contributed by atoms with Crippen LogP contribution in [0.3, 0.4) is 0 Å². The molecule has 0 saturated carbocycles. The fourth-order valence-corrected chi connectivity index (χ4v) is 3.01. The normalized spacial score (nSPS) is 18.0. The molecule has 0 radical (unpaired) electrons. The maximum atomic E-state index is 12.6. The summed E-state index contributed by atoms with van der Waals surface area (Å²) in [7, 11) is 0. The molecular weight excluding hydrogens is 318 g/mol. The third-order valence-corrected chi connectivity index (χ3v) is 4.28. The highest BCUT2D eigenvalue weighted by Crippen LogP contribution is 2.22. The third-order valence-electron chi connectivity index (χ3n) is 3.96. The van der Waals surface area contributed by atoms with Crippen molar-refractivity contribution >= 4 is 23.5 Å². The summed E-state index contributed by atoms with van der Waals surface area (Å²) in [5.74, 6) is -1.33. The first-order valence-electron chi connectivity index (χ1n) is 7.42. The van der Waals surface area contributed by atoms with E-state index >= 15 is 0 Å². The first-order chi connectivity index (χ1) is 11.1. The van der Waals surface area contributed by atoms with Crippen molar-refractivity contribution < 1.29 is 14.7 Å². The number of likely N-dealkylation sites (tertiary alicyclic amines) is 1. The Balaban J connectivity index is 1.86. The maximum Gasteiger partial charge on any atom is 0.326 e. The van der Waals surface area contributed by atoms with Gasteiger partial charge in [0.15, 0.2) is 5.69 Å². The molecule has 1 saturated heterocycles. The molecule has 120 valence electrons. The molecule has 1 aliphatic rings. The van der Waals surface area contributed by atoms with Crippen LogP contribution in [0.5, 0.6) is 0 Å². The van der Waals surface area contributed by atoms with Gasteiger partial charge in [0.25, 0.3) is 5.91 Å². The zero-order valence-corrected chi connectivity index (χ0v) is 13.1. The molecule has 3 rings (SSSR count). The number of amides is 1. The number of carbonyl (C=O) groups is 2. The first kappa shape index (κ1) is 15.6. The van der Waals surface area contributed by atoms with Gasteiger partial charge in [0.05, 0.1) is 10.7 Å². The molecular formula is C16H16ClN3O3. The van der Waals surface area contributed by atoms with Crippen molar-refractivity contribution in [1.29, 1.82) is 0 Å². The van der Waals surface area contributed by atoms with Crippen LogP contribution < -0.4 is 0 Å². The maximum absolute atomic E-state index is 12.6. The van der Waals surface area contributed by atoms with E-state index in [1.807, 2.05) is 12.1 Å².